The number of hydrogen-bond donors (Lipinski definition) is 2. The predicted octanol–water partition coefficient (Wildman–Crippen LogP) is 1.54. The van der Waals surface area contributed by atoms with Crippen LogP contribution in [0.5, 0.6) is 5.75 Å². The Bertz CT molecular complexity index is 515. The molecule has 0 aliphatic heterocycles. The number of oxazole rings is 1. The van der Waals surface area contributed by atoms with Crippen molar-refractivity contribution in [1.29, 1.82) is 0 Å². The van der Waals surface area contributed by atoms with Gasteiger partial charge < -0.3 is 14.6 Å². The molecule has 2 aromatic rings. The fourth-order valence-electron chi connectivity index (χ4n) is 1.26. The molecule has 0 amide bonds. The van der Waals surface area contributed by atoms with E-state index in [0.29, 0.717) is 11.4 Å². The summed E-state index contributed by atoms with van der Waals surface area (Å²) in [5.74, 6) is -1.19. The summed E-state index contributed by atoms with van der Waals surface area (Å²) in [5, 5.41) is 18.2. The molecule has 1 heterocycles. The second kappa shape index (κ2) is 2.73. The maximum Gasteiger partial charge on any atom is 0.339 e. The van der Waals surface area contributed by atoms with E-state index >= 15 is 0 Å². The van der Waals surface area contributed by atoms with Crippen molar-refractivity contribution >= 4 is 17.1 Å². The second-order valence-electron chi connectivity index (χ2n) is 2.85. The highest BCUT2D eigenvalue weighted by Crippen LogP contribution is 2.28. The number of phenols is 1. The highest BCUT2D eigenvalue weighted by Gasteiger charge is 2.16. The Labute approximate surface area is 78.6 Å². The standard InChI is InChI=1S/C9H7NO4/c1-4-10-6-3-2-5(9(12)13)7(11)8(6)14-4/h2-3,11H,1H3,(H,12,13). The lowest BCUT2D eigenvalue weighted by atomic mass is 10.2. The van der Waals surface area contributed by atoms with E-state index in [1.54, 1.807) is 6.92 Å². The third-order valence-corrected chi connectivity index (χ3v) is 1.87. The second-order valence-corrected chi connectivity index (χ2v) is 2.85. The van der Waals surface area contributed by atoms with E-state index in [9.17, 15) is 9.90 Å². The molecule has 0 atom stereocenters. The lowest BCUT2D eigenvalue weighted by molar-refractivity contribution is 0.0694. The van der Waals surface area contributed by atoms with Crippen molar-refractivity contribution in [2.45, 2.75) is 6.92 Å². The minimum Gasteiger partial charge on any atom is -0.504 e. The summed E-state index contributed by atoms with van der Waals surface area (Å²) >= 11 is 0. The first-order valence-electron chi connectivity index (χ1n) is 3.92. The van der Waals surface area contributed by atoms with Crippen molar-refractivity contribution in [3.8, 4) is 5.75 Å². The molecule has 14 heavy (non-hydrogen) atoms. The van der Waals surface area contributed by atoms with E-state index in [2.05, 4.69) is 4.98 Å². The van der Waals surface area contributed by atoms with Crippen molar-refractivity contribution in [2.24, 2.45) is 0 Å². The van der Waals surface area contributed by atoms with E-state index in [-0.39, 0.29) is 16.9 Å². The van der Waals surface area contributed by atoms with Gasteiger partial charge in [0, 0.05) is 6.92 Å². The molecule has 5 nitrogen and oxygen atoms in total. The fourth-order valence-corrected chi connectivity index (χ4v) is 1.26. The molecule has 0 aliphatic carbocycles. The highest BCUT2D eigenvalue weighted by atomic mass is 16.4. The van der Waals surface area contributed by atoms with Gasteiger partial charge in [-0.3, -0.25) is 0 Å². The molecule has 1 aromatic heterocycles. The van der Waals surface area contributed by atoms with Gasteiger partial charge in [0.15, 0.2) is 17.2 Å². The first kappa shape index (κ1) is 8.55. The van der Waals surface area contributed by atoms with Crippen LogP contribution in [0.4, 0.5) is 0 Å². The van der Waals surface area contributed by atoms with E-state index in [0.717, 1.165) is 0 Å². The number of carboxylic acids is 1. The Morgan fingerprint density at radius 1 is 1.50 bits per heavy atom. The Hall–Kier alpha value is -2.04. The average molecular weight is 193 g/mol. The molecular weight excluding hydrogens is 186 g/mol. The van der Waals surface area contributed by atoms with Crippen LogP contribution in [0.15, 0.2) is 16.5 Å². The molecule has 5 heteroatoms. The van der Waals surface area contributed by atoms with Gasteiger partial charge in [-0.25, -0.2) is 9.78 Å². The number of hydrogen-bond acceptors (Lipinski definition) is 4. The van der Waals surface area contributed by atoms with Gasteiger partial charge >= 0.3 is 5.97 Å². The van der Waals surface area contributed by atoms with Crippen molar-refractivity contribution in [3.05, 3.63) is 23.6 Å². The summed E-state index contributed by atoms with van der Waals surface area (Å²) in [6, 6.07) is 2.79. The number of nitrogens with zero attached hydrogens (tertiary/aromatic N) is 1. The zero-order chi connectivity index (χ0) is 10.3. The summed E-state index contributed by atoms with van der Waals surface area (Å²) < 4.78 is 5.07. The monoisotopic (exact) mass is 193 g/mol. The van der Waals surface area contributed by atoms with Crippen LogP contribution in [0.25, 0.3) is 11.1 Å². The molecule has 0 saturated carbocycles. The molecule has 0 aliphatic rings. The van der Waals surface area contributed by atoms with Gasteiger partial charge in [-0.05, 0) is 12.1 Å². The van der Waals surface area contributed by atoms with E-state index in [4.69, 9.17) is 9.52 Å². The van der Waals surface area contributed by atoms with Crippen LogP contribution in [0.3, 0.4) is 0 Å². The summed E-state index contributed by atoms with van der Waals surface area (Å²) in [4.78, 5) is 14.6. The summed E-state index contributed by atoms with van der Waals surface area (Å²) in [5.41, 5.74) is 0.376. The summed E-state index contributed by atoms with van der Waals surface area (Å²) in [7, 11) is 0. The van der Waals surface area contributed by atoms with Gasteiger partial charge in [0.25, 0.3) is 0 Å². The van der Waals surface area contributed by atoms with Crippen LogP contribution in [0.1, 0.15) is 16.2 Å². The third-order valence-electron chi connectivity index (χ3n) is 1.87. The smallest absolute Gasteiger partial charge is 0.339 e. The fraction of sp³-hybridized carbons (Fsp3) is 0.111. The van der Waals surface area contributed by atoms with Crippen LogP contribution in [-0.2, 0) is 0 Å². The number of aromatic hydroxyl groups is 1. The number of rotatable bonds is 1. The zero-order valence-electron chi connectivity index (χ0n) is 7.31. The van der Waals surface area contributed by atoms with Crippen molar-refractivity contribution in [1.82, 2.24) is 4.98 Å². The predicted molar refractivity (Wildman–Crippen MR) is 47.4 cm³/mol. The number of benzene rings is 1. The van der Waals surface area contributed by atoms with Gasteiger partial charge in [-0.2, -0.15) is 0 Å². The van der Waals surface area contributed by atoms with Gasteiger partial charge in [-0.15, -0.1) is 0 Å². The molecule has 0 bridgehead atoms. The van der Waals surface area contributed by atoms with Crippen LogP contribution < -0.4 is 0 Å². The number of aromatic carboxylic acids is 1. The molecule has 0 radical (unpaired) electrons. The first-order valence-corrected chi connectivity index (χ1v) is 3.92. The molecule has 0 fully saturated rings. The molecule has 2 N–H and O–H groups in total. The van der Waals surface area contributed by atoms with E-state index < -0.39 is 5.97 Å². The van der Waals surface area contributed by atoms with Crippen molar-refractivity contribution < 1.29 is 19.4 Å². The van der Waals surface area contributed by atoms with Crippen LogP contribution in [0, 0.1) is 6.92 Å². The Morgan fingerprint density at radius 2 is 2.21 bits per heavy atom. The van der Waals surface area contributed by atoms with Crippen molar-refractivity contribution in [3.63, 3.8) is 0 Å². The largest absolute Gasteiger partial charge is 0.504 e. The van der Waals surface area contributed by atoms with Gasteiger partial charge in [0.2, 0.25) is 0 Å². The normalized spacial score (nSPS) is 10.6. The lowest BCUT2D eigenvalue weighted by Crippen LogP contribution is -1.96. The number of carboxylic acid groups (broad SMARTS) is 1. The van der Waals surface area contributed by atoms with Crippen molar-refractivity contribution in [2.75, 3.05) is 0 Å². The average Bonchev–Trinajstić information content (AvgIpc) is 2.46. The first-order chi connectivity index (χ1) is 6.59. The van der Waals surface area contributed by atoms with E-state index in [1.165, 1.54) is 12.1 Å². The summed E-state index contributed by atoms with van der Waals surface area (Å²) in [6.07, 6.45) is 0. The molecule has 0 saturated heterocycles. The van der Waals surface area contributed by atoms with E-state index in [1.807, 2.05) is 0 Å². The van der Waals surface area contributed by atoms with Gasteiger partial charge in [0.05, 0.1) is 0 Å². The Balaban J connectivity index is 2.80. The zero-order valence-corrected chi connectivity index (χ0v) is 7.31. The number of fused-ring (bicyclic) bond motifs is 1. The maximum absolute atomic E-state index is 10.7. The quantitative estimate of drug-likeness (QED) is 0.717. The van der Waals surface area contributed by atoms with Gasteiger partial charge in [-0.1, -0.05) is 0 Å². The van der Waals surface area contributed by atoms with Crippen LogP contribution >= 0.6 is 0 Å². The van der Waals surface area contributed by atoms with Crippen LogP contribution in [-0.4, -0.2) is 21.2 Å². The highest BCUT2D eigenvalue weighted by molar-refractivity contribution is 5.97. The molecule has 1 aromatic carbocycles. The SMILES string of the molecule is Cc1nc2ccc(C(=O)O)c(O)c2o1. The minimum absolute atomic E-state index is 0.113. The lowest BCUT2D eigenvalue weighted by Gasteiger charge is -1.97. The maximum atomic E-state index is 10.7. The number of aromatic nitrogens is 1. The topological polar surface area (TPSA) is 83.6 Å². The Kier molecular flexibility index (Phi) is 1.67. The molecule has 2 rings (SSSR count). The van der Waals surface area contributed by atoms with Crippen LogP contribution in [0.2, 0.25) is 0 Å². The Morgan fingerprint density at radius 3 is 2.86 bits per heavy atom. The van der Waals surface area contributed by atoms with Gasteiger partial charge in [0.1, 0.15) is 11.1 Å². The molecule has 0 spiro atoms. The molecule has 72 valence electrons. The minimum atomic E-state index is -1.20. The number of carbonyl (C=O) groups is 1. The molecule has 0 unspecified atom stereocenters. The summed E-state index contributed by atoms with van der Waals surface area (Å²) in [6.45, 7) is 1.62. The molecular formula is C9H7NO4. The number of aryl methyl sites for hydroxylation is 1. The third kappa shape index (κ3) is 1.10.